The number of carbonyl (C=O) groups excluding carboxylic acids is 1. The van der Waals surface area contributed by atoms with E-state index in [0.717, 1.165) is 24.8 Å². The van der Waals surface area contributed by atoms with E-state index in [4.69, 9.17) is 17.3 Å². The molecule has 100 valence electrons. The summed E-state index contributed by atoms with van der Waals surface area (Å²) in [5.41, 5.74) is 6.23. The summed E-state index contributed by atoms with van der Waals surface area (Å²) in [5.74, 6) is -0.0730. The second kappa shape index (κ2) is 5.91. The zero-order chi connectivity index (χ0) is 12.5. The summed E-state index contributed by atoms with van der Waals surface area (Å²) in [4.78, 5) is 12.0. The Balaban J connectivity index is 0.00000162. The quantitative estimate of drug-likeness (QED) is 0.899. The molecule has 3 nitrogen and oxygen atoms in total. The van der Waals surface area contributed by atoms with Crippen LogP contribution in [0.25, 0.3) is 0 Å². The Morgan fingerprint density at radius 3 is 2.56 bits per heavy atom. The Kier molecular flexibility index (Phi) is 5.02. The van der Waals surface area contributed by atoms with Gasteiger partial charge in [-0.15, -0.1) is 12.4 Å². The smallest absolute Gasteiger partial charge is 0.240 e. The molecule has 1 aromatic carbocycles. The van der Waals surface area contributed by atoms with Crippen LogP contribution in [0.4, 0.5) is 0 Å². The van der Waals surface area contributed by atoms with E-state index in [2.05, 4.69) is 5.32 Å². The first-order chi connectivity index (χ1) is 8.03. The largest absolute Gasteiger partial charge is 0.348 e. The van der Waals surface area contributed by atoms with Gasteiger partial charge in [0.15, 0.2) is 0 Å². The Morgan fingerprint density at radius 1 is 1.44 bits per heavy atom. The average molecular weight is 289 g/mol. The second-order valence-electron chi connectivity index (χ2n) is 4.73. The van der Waals surface area contributed by atoms with E-state index >= 15 is 0 Å². The van der Waals surface area contributed by atoms with Gasteiger partial charge in [-0.2, -0.15) is 0 Å². The number of hydrogen-bond donors (Lipinski definition) is 2. The molecule has 18 heavy (non-hydrogen) atoms. The molecule has 0 aliphatic heterocycles. The SMILES string of the molecule is CC(NC(=O)C1(N)CCC1)c1ccccc1Cl.Cl. The first-order valence-electron chi connectivity index (χ1n) is 5.87. The molecule has 2 rings (SSSR count). The van der Waals surface area contributed by atoms with E-state index in [1.54, 1.807) is 0 Å². The lowest BCUT2D eigenvalue weighted by atomic mass is 9.77. The van der Waals surface area contributed by atoms with Gasteiger partial charge in [-0.05, 0) is 37.8 Å². The summed E-state index contributed by atoms with van der Waals surface area (Å²) in [6.07, 6.45) is 2.58. The predicted molar refractivity (Wildman–Crippen MR) is 76.0 cm³/mol. The molecule has 1 fully saturated rings. The van der Waals surface area contributed by atoms with Crippen LogP contribution in [0.3, 0.4) is 0 Å². The van der Waals surface area contributed by atoms with Crippen molar-refractivity contribution in [3.05, 3.63) is 34.9 Å². The standard InChI is InChI=1S/C13H17ClN2O.ClH/c1-9(10-5-2-3-6-11(10)14)16-12(17)13(15)7-4-8-13;/h2-3,5-6,9H,4,7-8,15H2,1H3,(H,16,17);1H. The molecule has 1 aliphatic rings. The molecule has 5 heteroatoms. The molecule has 0 bridgehead atoms. The maximum atomic E-state index is 12.0. The van der Waals surface area contributed by atoms with Crippen LogP contribution < -0.4 is 11.1 Å². The molecule has 0 radical (unpaired) electrons. The van der Waals surface area contributed by atoms with Gasteiger partial charge < -0.3 is 11.1 Å². The summed E-state index contributed by atoms with van der Waals surface area (Å²) in [7, 11) is 0. The van der Waals surface area contributed by atoms with Gasteiger partial charge in [-0.3, -0.25) is 4.79 Å². The summed E-state index contributed by atoms with van der Waals surface area (Å²) in [6, 6.07) is 7.40. The van der Waals surface area contributed by atoms with Crippen molar-refractivity contribution >= 4 is 29.9 Å². The van der Waals surface area contributed by atoms with Gasteiger partial charge in [0.2, 0.25) is 5.91 Å². The topological polar surface area (TPSA) is 55.1 Å². The number of amides is 1. The lowest BCUT2D eigenvalue weighted by Gasteiger charge is -2.37. The molecular weight excluding hydrogens is 271 g/mol. The molecule has 1 atom stereocenters. The van der Waals surface area contributed by atoms with Crippen molar-refractivity contribution in [2.45, 2.75) is 37.8 Å². The van der Waals surface area contributed by atoms with Crippen molar-refractivity contribution in [3.8, 4) is 0 Å². The van der Waals surface area contributed by atoms with Crippen LogP contribution in [0, 0.1) is 0 Å². The first kappa shape index (κ1) is 15.3. The summed E-state index contributed by atoms with van der Waals surface area (Å²) in [6.45, 7) is 1.92. The summed E-state index contributed by atoms with van der Waals surface area (Å²) in [5, 5.41) is 3.60. The Morgan fingerprint density at radius 2 is 2.06 bits per heavy atom. The fraction of sp³-hybridized carbons (Fsp3) is 0.462. The van der Waals surface area contributed by atoms with Crippen molar-refractivity contribution in [2.24, 2.45) is 5.73 Å². The van der Waals surface area contributed by atoms with Crippen LogP contribution in [-0.4, -0.2) is 11.4 Å². The summed E-state index contributed by atoms with van der Waals surface area (Å²) < 4.78 is 0. The molecule has 1 saturated carbocycles. The Bertz CT molecular complexity index is 433. The maximum absolute atomic E-state index is 12.0. The van der Waals surface area contributed by atoms with Gasteiger partial charge >= 0.3 is 0 Å². The van der Waals surface area contributed by atoms with E-state index in [0.29, 0.717) is 5.02 Å². The van der Waals surface area contributed by atoms with Gasteiger partial charge in [0.25, 0.3) is 0 Å². The van der Waals surface area contributed by atoms with E-state index in [-0.39, 0.29) is 24.4 Å². The fourth-order valence-corrected chi connectivity index (χ4v) is 2.33. The van der Waals surface area contributed by atoms with Crippen LogP contribution >= 0.6 is 24.0 Å². The van der Waals surface area contributed by atoms with Crippen LogP contribution in [0.5, 0.6) is 0 Å². The van der Waals surface area contributed by atoms with E-state index in [9.17, 15) is 4.79 Å². The minimum atomic E-state index is -0.657. The normalized spacial score (nSPS) is 18.2. The van der Waals surface area contributed by atoms with Crippen molar-refractivity contribution in [2.75, 3.05) is 0 Å². The van der Waals surface area contributed by atoms with Crippen molar-refractivity contribution in [3.63, 3.8) is 0 Å². The van der Waals surface area contributed by atoms with Gasteiger partial charge in [-0.1, -0.05) is 29.8 Å². The molecule has 3 N–H and O–H groups in total. The highest BCUT2D eigenvalue weighted by atomic mass is 35.5. The number of benzene rings is 1. The lowest BCUT2D eigenvalue weighted by molar-refractivity contribution is -0.129. The van der Waals surface area contributed by atoms with Crippen LogP contribution in [-0.2, 0) is 4.79 Å². The molecule has 0 saturated heterocycles. The molecule has 1 aliphatic carbocycles. The number of nitrogens with two attached hydrogens (primary N) is 1. The molecular formula is C13H18Cl2N2O. The van der Waals surface area contributed by atoms with Crippen molar-refractivity contribution in [1.82, 2.24) is 5.32 Å². The first-order valence-corrected chi connectivity index (χ1v) is 6.25. The van der Waals surface area contributed by atoms with Gasteiger partial charge in [-0.25, -0.2) is 0 Å². The predicted octanol–water partition coefficient (Wildman–Crippen LogP) is 2.82. The van der Waals surface area contributed by atoms with Crippen molar-refractivity contribution in [1.29, 1.82) is 0 Å². The highest BCUT2D eigenvalue weighted by Gasteiger charge is 2.40. The minimum absolute atomic E-state index is 0. The lowest BCUT2D eigenvalue weighted by Crippen LogP contribution is -2.58. The van der Waals surface area contributed by atoms with E-state index in [1.807, 2.05) is 31.2 Å². The average Bonchev–Trinajstić information content (AvgIpc) is 2.26. The van der Waals surface area contributed by atoms with E-state index in [1.165, 1.54) is 0 Å². The fourth-order valence-electron chi connectivity index (χ4n) is 2.03. The zero-order valence-electron chi connectivity index (χ0n) is 10.3. The van der Waals surface area contributed by atoms with Crippen LogP contribution in [0.1, 0.15) is 37.8 Å². The highest BCUT2D eigenvalue weighted by Crippen LogP contribution is 2.30. The molecule has 1 aromatic rings. The Labute approximate surface area is 118 Å². The third-order valence-electron chi connectivity index (χ3n) is 3.42. The number of carbonyl (C=O) groups is 1. The van der Waals surface area contributed by atoms with Gasteiger partial charge in [0.1, 0.15) is 0 Å². The third-order valence-corrected chi connectivity index (χ3v) is 3.76. The van der Waals surface area contributed by atoms with Gasteiger partial charge in [0.05, 0.1) is 11.6 Å². The Hall–Kier alpha value is -0.770. The summed E-state index contributed by atoms with van der Waals surface area (Å²) >= 11 is 6.08. The monoisotopic (exact) mass is 288 g/mol. The highest BCUT2D eigenvalue weighted by molar-refractivity contribution is 6.31. The number of nitrogens with one attached hydrogen (secondary N) is 1. The van der Waals surface area contributed by atoms with E-state index < -0.39 is 5.54 Å². The van der Waals surface area contributed by atoms with Gasteiger partial charge in [0, 0.05) is 5.02 Å². The second-order valence-corrected chi connectivity index (χ2v) is 5.13. The van der Waals surface area contributed by atoms with Crippen molar-refractivity contribution < 1.29 is 4.79 Å². The van der Waals surface area contributed by atoms with Crippen LogP contribution in [0.15, 0.2) is 24.3 Å². The molecule has 1 unspecified atom stereocenters. The molecule has 0 heterocycles. The third kappa shape index (κ3) is 2.97. The molecule has 1 amide bonds. The molecule has 0 aromatic heterocycles. The number of halogens is 2. The minimum Gasteiger partial charge on any atom is -0.348 e. The van der Waals surface area contributed by atoms with Crippen LogP contribution in [0.2, 0.25) is 5.02 Å². The molecule has 0 spiro atoms. The maximum Gasteiger partial charge on any atom is 0.240 e. The number of rotatable bonds is 3. The number of hydrogen-bond acceptors (Lipinski definition) is 2. The zero-order valence-corrected chi connectivity index (χ0v) is 11.9.